The second kappa shape index (κ2) is 5.90. The Balaban J connectivity index is 2.96. The first-order chi connectivity index (χ1) is 7.97. The summed E-state index contributed by atoms with van der Waals surface area (Å²) in [6, 6.07) is 0.196. The van der Waals surface area contributed by atoms with Gasteiger partial charge in [0.15, 0.2) is 5.16 Å². The molecule has 0 aliphatic heterocycles. The molecule has 1 rings (SSSR count). The number of hydrogen-bond acceptors (Lipinski definition) is 5. The Morgan fingerprint density at radius 1 is 1.53 bits per heavy atom. The average Bonchev–Trinajstić information content (AvgIpc) is 2.59. The molecule has 0 spiro atoms. The lowest BCUT2D eigenvalue weighted by atomic mass is 10.0. The van der Waals surface area contributed by atoms with Crippen molar-refractivity contribution in [2.75, 3.05) is 11.5 Å². The van der Waals surface area contributed by atoms with Gasteiger partial charge in [-0.05, 0) is 12.3 Å². The van der Waals surface area contributed by atoms with Gasteiger partial charge in [0.1, 0.15) is 0 Å². The van der Waals surface area contributed by atoms with E-state index in [0.717, 1.165) is 18.2 Å². The molecule has 0 aliphatic carbocycles. The Morgan fingerprint density at radius 2 is 2.18 bits per heavy atom. The molecule has 0 saturated carbocycles. The standard InChI is InChI=1S/C10H18N4O2S/c1-4-7(6(2)3)14-9(11)12-13-10(14)17-5-8(15)16/h6-7H,4-5H2,1-3H3,(H2,11,12)(H,15,16). The molecule has 0 saturated heterocycles. The van der Waals surface area contributed by atoms with E-state index in [0.29, 0.717) is 17.0 Å². The van der Waals surface area contributed by atoms with Crippen LogP contribution in [0.1, 0.15) is 33.2 Å². The number of aromatic nitrogens is 3. The number of nitrogens with zero attached hydrogens (tertiary/aromatic N) is 3. The number of hydrogen-bond donors (Lipinski definition) is 2. The van der Waals surface area contributed by atoms with E-state index in [-0.39, 0.29) is 11.8 Å². The second-order valence-electron chi connectivity index (χ2n) is 4.11. The molecular weight excluding hydrogens is 240 g/mol. The molecule has 0 fully saturated rings. The number of anilines is 1. The predicted octanol–water partition coefficient (Wildman–Crippen LogP) is 1.64. The Morgan fingerprint density at radius 3 is 2.65 bits per heavy atom. The molecule has 3 N–H and O–H groups in total. The maximum absolute atomic E-state index is 10.6. The minimum absolute atomic E-state index is 0.0351. The van der Waals surface area contributed by atoms with Crippen LogP contribution in [-0.4, -0.2) is 31.6 Å². The highest BCUT2D eigenvalue weighted by Gasteiger charge is 2.21. The van der Waals surface area contributed by atoms with E-state index in [9.17, 15) is 4.79 Å². The summed E-state index contributed by atoms with van der Waals surface area (Å²) in [5, 5.41) is 17.0. The van der Waals surface area contributed by atoms with Gasteiger partial charge in [0.05, 0.1) is 5.75 Å². The van der Waals surface area contributed by atoms with E-state index in [1.807, 2.05) is 4.57 Å². The van der Waals surface area contributed by atoms with E-state index in [4.69, 9.17) is 10.8 Å². The Kier molecular flexibility index (Phi) is 4.80. The van der Waals surface area contributed by atoms with Crippen molar-refractivity contribution in [1.82, 2.24) is 14.8 Å². The summed E-state index contributed by atoms with van der Waals surface area (Å²) >= 11 is 1.15. The number of carboxylic acids is 1. The normalized spacial score (nSPS) is 12.9. The first-order valence-corrected chi connectivity index (χ1v) is 6.50. The van der Waals surface area contributed by atoms with Crippen LogP contribution in [0.3, 0.4) is 0 Å². The molecule has 1 aromatic rings. The molecule has 0 radical (unpaired) electrons. The van der Waals surface area contributed by atoms with Crippen molar-refractivity contribution in [3.8, 4) is 0 Å². The first-order valence-electron chi connectivity index (χ1n) is 5.52. The maximum Gasteiger partial charge on any atom is 0.313 e. The molecule has 0 amide bonds. The zero-order valence-corrected chi connectivity index (χ0v) is 11.1. The fraction of sp³-hybridized carbons (Fsp3) is 0.700. The first kappa shape index (κ1) is 13.8. The van der Waals surface area contributed by atoms with Crippen LogP contribution in [0, 0.1) is 5.92 Å². The van der Waals surface area contributed by atoms with Crippen molar-refractivity contribution in [2.24, 2.45) is 5.92 Å². The molecule has 17 heavy (non-hydrogen) atoms. The van der Waals surface area contributed by atoms with Gasteiger partial charge in [-0.15, -0.1) is 10.2 Å². The zero-order chi connectivity index (χ0) is 13.0. The number of nitrogen functional groups attached to an aromatic ring is 1. The SMILES string of the molecule is CCC(C(C)C)n1c(N)nnc1SCC(=O)O. The van der Waals surface area contributed by atoms with Gasteiger partial charge in [-0.1, -0.05) is 32.5 Å². The van der Waals surface area contributed by atoms with Crippen LogP contribution in [0.4, 0.5) is 5.95 Å². The third-order valence-electron chi connectivity index (χ3n) is 2.54. The lowest BCUT2D eigenvalue weighted by Crippen LogP contribution is -2.18. The topological polar surface area (TPSA) is 94.0 Å². The van der Waals surface area contributed by atoms with Gasteiger partial charge in [0, 0.05) is 6.04 Å². The van der Waals surface area contributed by atoms with Crippen molar-refractivity contribution in [3.05, 3.63) is 0 Å². The van der Waals surface area contributed by atoms with Gasteiger partial charge in [-0.25, -0.2) is 0 Å². The molecule has 7 heteroatoms. The third kappa shape index (κ3) is 3.36. The summed E-state index contributed by atoms with van der Waals surface area (Å²) in [5.41, 5.74) is 5.79. The predicted molar refractivity (Wildman–Crippen MR) is 67.0 cm³/mol. The third-order valence-corrected chi connectivity index (χ3v) is 3.46. The molecular formula is C10H18N4O2S. The molecule has 1 heterocycles. The van der Waals surface area contributed by atoms with E-state index >= 15 is 0 Å². The lowest BCUT2D eigenvalue weighted by Gasteiger charge is -2.22. The molecule has 96 valence electrons. The number of rotatable bonds is 6. The van der Waals surface area contributed by atoms with Gasteiger partial charge in [-0.2, -0.15) is 0 Å². The van der Waals surface area contributed by atoms with Crippen LogP contribution in [0.5, 0.6) is 0 Å². The smallest absolute Gasteiger partial charge is 0.313 e. The van der Waals surface area contributed by atoms with Crippen LogP contribution in [0.25, 0.3) is 0 Å². The van der Waals surface area contributed by atoms with Crippen LogP contribution in [0.2, 0.25) is 0 Å². The Hall–Kier alpha value is -1.24. The monoisotopic (exact) mass is 258 g/mol. The van der Waals surface area contributed by atoms with Gasteiger partial charge in [-0.3, -0.25) is 9.36 Å². The number of carboxylic acid groups (broad SMARTS) is 1. The van der Waals surface area contributed by atoms with Crippen LogP contribution in [0.15, 0.2) is 5.16 Å². The van der Waals surface area contributed by atoms with Crippen molar-refractivity contribution in [2.45, 2.75) is 38.4 Å². The highest BCUT2D eigenvalue weighted by molar-refractivity contribution is 7.99. The van der Waals surface area contributed by atoms with Crippen molar-refractivity contribution in [1.29, 1.82) is 0 Å². The molecule has 0 aliphatic rings. The quantitative estimate of drug-likeness (QED) is 0.753. The van der Waals surface area contributed by atoms with E-state index < -0.39 is 5.97 Å². The summed E-state index contributed by atoms with van der Waals surface area (Å²) < 4.78 is 1.83. The minimum atomic E-state index is -0.874. The fourth-order valence-corrected chi connectivity index (χ4v) is 2.50. The Bertz CT molecular complexity index is 392. The van der Waals surface area contributed by atoms with Gasteiger partial charge >= 0.3 is 5.97 Å². The van der Waals surface area contributed by atoms with E-state index in [1.54, 1.807) is 0 Å². The summed E-state index contributed by atoms with van der Waals surface area (Å²) in [6.07, 6.45) is 0.903. The van der Waals surface area contributed by atoms with Crippen molar-refractivity contribution >= 4 is 23.7 Å². The summed E-state index contributed by atoms with van der Waals surface area (Å²) in [4.78, 5) is 10.6. The number of thioether (sulfide) groups is 1. The minimum Gasteiger partial charge on any atom is -0.481 e. The van der Waals surface area contributed by atoms with E-state index in [2.05, 4.69) is 31.0 Å². The zero-order valence-electron chi connectivity index (χ0n) is 10.3. The number of aliphatic carboxylic acids is 1. The summed E-state index contributed by atoms with van der Waals surface area (Å²) in [5.74, 6) is -0.172. The second-order valence-corrected chi connectivity index (χ2v) is 5.06. The highest BCUT2D eigenvalue weighted by Crippen LogP contribution is 2.29. The molecule has 0 bridgehead atoms. The van der Waals surface area contributed by atoms with Gasteiger partial charge < -0.3 is 10.8 Å². The maximum atomic E-state index is 10.6. The molecule has 1 aromatic heterocycles. The summed E-state index contributed by atoms with van der Waals surface area (Å²) in [7, 11) is 0. The molecule has 0 aromatic carbocycles. The fourth-order valence-electron chi connectivity index (χ4n) is 1.78. The molecule has 1 atom stereocenters. The number of carbonyl (C=O) groups is 1. The molecule has 6 nitrogen and oxygen atoms in total. The van der Waals surface area contributed by atoms with Crippen molar-refractivity contribution in [3.63, 3.8) is 0 Å². The van der Waals surface area contributed by atoms with Gasteiger partial charge in [0.25, 0.3) is 0 Å². The van der Waals surface area contributed by atoms with Crippen LogP contribution in [-0.2, 0) is 4.79 Å². The Labute approximate surface area is 105 Å². The number of nitrogens with two attached hydrogens (primary N) is 1. The van der Waals surface area contributed by atoms with E-state index in [1.165, 1.54) is 0 Å². The molecule has 1 unspecified atom stereocenters. The van der Waals surface area contributed by atoms with Gasteiger partial charge in [0.2, 0.25) is 5.95 Å². The van der Waals surface area contributed by atoms with Crippen molar-refractivity contribution < 1.29 is 9.90 Å². The van der Waals surface area contributed by atoms with Crippen LogP contribution < -0.4 is 5.73 Å². The lowest BCUT2D eigenvalue weighted by molar-refractivity contribution is -0.133. The summed E-state index contributed by atoms with van der Waals surface area (Å²) in [6.45, 7) is 6.26. The largest absolute Gasteiger partial charge is 0.481 e. The average molecular weight is 258 g/mol. The highest BCUT2D eigenvalue weighted by atomic mass is 32.2. The van der Waals surface area contributed by atoms with Crippen LogP contribution >= 0.6 is 11.8 Å².